The summed E-state index contributed by atoms with van der Waals surface area (Å²) in [6, 6.07) is 18.7. The van der Waals surface area contributed by atoms with Crippen molar-refractivity contribution in [2.75, 3.05) is 5.32 Å². The van der Waals surface area contributed by atoms with E-state index in [1.54, 1.807) is 24.5 Å². The van der Waals surface area contributed by atoms with Crippen LogP contribution in [0.15, 0.2) is 79.3 Å². The summed E-state index contributed by atoms with van der Waals surface area (Å²) in [5, 5.41) is 15.8. The molecule has 0 spiro atoms. The van der Waals surface area contributed by atoms with E-state index in [1.807, 2.05) is 42.5 Å². The lowest BCUT2D eigenvalue weighted by atomic mass is 10.1. The molecule has 2 aromatic heterocycles. The third kappa shape index (κ3) is 4.30. The maximum absolute atomic E-state index is 11.2. The molecule has 7 heteroatoms. The Labute approximate surface area is 167 Å². The smallest absolute Gasteiger partial charge is 0.278 e. The molecule has 0 saturated heterocycles. The SMILES string of the molecule is O=[N+]([O-])c1ccc(NCc2ccnc(OCc3ccccc3)c2)c2ccncc12. The van der Waals surface area contributed by atoms with Crippen LogP contribution in [0.25, 0.3) is 10.8 Å². The number of benzene rings is 2. The summed E-state index contributed by atoms with van der Waals surface area (Å²) in [5.74, 6) is 0.547. The minimum Gasteiger partial charge on any atom is -0.473 e. The first-order valence-electron chi connectivity index (χ1n) is 9.07. The molecule has 144 valence electrons. The fourth-order valence-corrected chi connectivity index (χ4v) is 3.06. The Bertz CT molecular complexity index is 1150. The van der Waals surface area contributed by atoms with Crippen LogP contribution < -0.4 is 10.1 Å². The molecule has 0 aliphatic carbocycles. The monoisotopic (exact) mass is 386 g/mol. The van der Waals surface area contributed by atoms with Crippen molar-refractivity contribution in [3.8, 4) is 5.88 Å². The van der Waals surface area contributed by atoms with Crippen molar-refractivity contribution in [2.45, 2.75) is 13.2 Å². The van der Waals surface area contributed by atoms with E-state index >= 15 is 0 Å². The number of aromatic nitrogens is 2. The number of hydrogen-bond donors (Lipinski definition) is 1. The van der Waals surface area contributed by atoms with E-state index in [0.29, 0.717) is 24.4 Å². The highest BCUT2D eigenvalue weighted by Crippen LogP contribution is 2.31. The second kappa shape index (κ2) is 8.35. The van der Waals surface area contributed by atoms with Crippen LogP contribution in [0, 0.1) is 10.1 Å². The van der Waals surface area contributed by atoms with Crippen LogP contribution in [-0.4, -0.2) is 14.9 Å². The van der Waals surface area contributed by atoms with Gasteiger partial charge in [-0.15, -0.1) is 0 Å². The van der Waals surface area contributed by atoms with E-state index in [9.17, 15) is 10.1 Å². The lowest BCUT2D eigenvalue weighted by Gasteiger charge is -2.11. The van der Waals surface area contributed by atoms with Gasteiger partial charge in [0, 0.05) is 48.3 Å². The van der Waals surface area contributed by atoms with Crippen molar-refractivity contribution in [3.63, 3.8) is 0 Å². The van der Waals surface area contributed by atoms with Crippen LogP contribution in [0.2, 0.25) is 0 Å². The van der Waals surface area contributed by atoms with Crippen molar-refractivity contribution >= 4 is 22.1 Å². The average Bonchev–Trinajstić information content (AvgIpc) is 2.77. The number of nitro groups is 1. The number of nitrogens with one attached hydrogen (secondary N) is 1. The van der Waals surface area contributed by atoms with Crippen LogP contribution in [0.4, 0.5) is 11.4 Å². The molecule has 2 heterocycles. The molecular formula is C22H18N4O3. The fraction of sp³-hybridized carbons (Fsp3) is 0.0909. The molecule has 4 rings (SSSR count). The van der Waals surface area contributed by atoms with Gasteiger partial charge in [-0.25, -0.2) is 4.98 Å². The van der Waals surface area contributed by atoms with Gasteiger partial charge in [0.05, 0.1) is 10.3 Å². The average molecular weight is 386 g/mol. The lowest BCUT2D eigenvalue weighted by molar-refractivity contribution is -0.383. The zero-order valence-corrected chi connectivity index (χ0v) is 15.5. The Balaban J connectivity index is 1.48. The van der Waals surface area contributed by atoms with Crippen LogP contribution in [0.5, 0.6) is 5.88 Å². The maximum Gasteiger partial charge on any atom is 0.278 e. The van der Waals surface area contributed by atoms with E-state index in [1.165, 1.54) is 12.3 Å². The molecule has 0 amide bonds. The quantitative estimate of drug-likeness (QED) is 0.365. The molecule has 1 N–H and O–H groups in total. The van der Waals surface area contributed by atoms with Crippen molar-refractivity contribution < 1.29 is 9.66 Å². The van der Waals surface area contributed by atoms with Gasteiger partial charge < -0.3 is 10.1 Å². The Morgan fingerprint density at radius 1 is 0.966 bits per heavy atom. The van der Waals surface area contributed by atoms with Crippen LogP contribution >= 0.6 is 0 Å². The Morgan fingerprint density at radius 3 is 2.66 bits per heavy atom. The third-order valence-electron chi connectivity index (χ3n) is 4.50. The number of non-ortho nitro benzene ring substituents is 1. The van der Waals surface area contributed by atoms with E-state index in [2.05, 4.69) is 15.3 Å². The first-order chi connectivity index (χ1) is 14.2. The largest absolute Gasteiger partial charge is 0.473 e. The Hall–Kier alpha value is -4.00. The van der Waals surface area contributed by atoms with Crippen molar-refractivity contribution in [1.29, 1.82) is 0 Å². The summed E-state index contributed by atoms with van der Waals surface area (Å²) in [6.07, 6.45) is 4.84. The van der Waals surface area contributed by atoms with E-state index < -0.39 is 4.92 Å². The molecule has 29 heavy (non-hydrogen) atoms. The minimum absolute atomic E-state index is 0.0409. The highest BCUT2D eigenvalue weighted by atomic mass is 16.6. The summed E-state index contributed by atoms with van der Waals surface area (Å²) in [5.41, 5.74) is 2.91. The highest BCUT2D eigenvalue weighted by molar-refractivity contribution is 5.99. The second-order valence-electron chi connectivity index (χ2n) is 6.44. The Morgan fingerprint density at radius 2 is 1.83 bits per heavy atom. The first kappa shape index (κ1) is 18.4. The summed E-state index contributed by atoms with van der Waals surface area (Å²) in [4.78, 5) is 19.1. The molecule has 0 bridgehead atoms. The molecule has 2 aromatic carbocycles. The van der Waals surface area contributed by atoms with Crippen molar-refractivity contribution in [1.82, 2.24) is 9.97 Å². The first-order valence-corrected chi connectivity index (χ1v) is 9.07. The lowest BCUT2D eigenvalue weighted by Crippen LogP contribution is -2.03. The van der Waals surface area contributed by atoms with E-state index in [0.717, 1.165) is 22.2 Å². The normalized spacial score (nSPS) is 10.6. The van der Waals surface area contributed by atoms with Gasteiger partial charge in [-0.05, 0) is 29.3 Å². The molecular weight excluding hydrogens is 368 g/mol. The van der Waals surface area contributed by atoms with Gasteiger partial charge in [-0.3, -0.25) is 15.1 Å². The molecule has 0 unspecified atom stereocenters. The van der Waals surface area contributed by atoms with E-state index in [4.69, 9.17) is 4.74 Å². The van der Waals surface area contributed by atoms with Crippen molar-refractivity contribution in [3.05, 3.63) is 100 Å². The highest BCUT2D eigenvalue weighted by Gasteiger charge is 2.14. The standard InChI is InChI=1S/C22H18N4O3/c27-26(28)21-7-6-20(18-9-10-23-14-19(18)21)25-13-17-8-11-24-22(12-17)29-15-16-4-2-1-3-5-16/h1-12,14,25H,13,15H2. The van der Waals surface area contributed by atoms with Gasteiger partial charge in [-0.1, -0.05) is 30.3 Å². The Kier molecular flexibility index (Phi) is 5.29. The second-order valence-corrected chi connectivity index (χ2v) is 6.44. The van der Waals surface area contributed by atoms with Gasteiger partial charge in [0.2, 0.25) is 5.88 Å². The maximum atomic E-state index is 11.2. The predicted octanol–water partition coefficient (Wildman–Crippen LogP) is 4.73. The number of nitrogens with zero attached hydrogens (tertiary/aromatic N) is 3. The predicted molar refractivity (Wildman–Crippen MR) is 111 cm³/mol. The molecule has 0 fully saturated rings. The summed E-state index contributed by atoms with van der Waals surface area (Å²) < 4.78 is 5.77. The van der Waals surface area contributed by atoms with Gasteiger partial charge in [0.1, 0.15) is 6.61 Å². The number of hydrogen-bond acceptors (Lipinski definition) is 6. The molecule has 0 atom stereocenters. The summed E-state index contributed by atoms with van der Waals surface area (Å²) in [7, 11) is 0. The number of ether oxygens (including phenoxy) is 1. The zero-order chi connectivity index (χ0) is 20.1. The molecule has 0 aliphatic heterocycles. The van der Waals surface area contributed by atoms with Gasteiger partial charge >= 0.3 is 0 Å². The number of pyridine rings is 2. The molecule has 0 saturated carbocycles. The minimum atomic E-state index is -0.396. The van der Waals surface area contributed by atoms with Gasteiger partial charge in [-0.2, -0.15) is 0 Å². The number of rotatable bonds is 7. The van der Waals surface area contributed by atoms with Crippen molar-refractivity contribution in [2.24, 2.45) is 0 Å². The number of nitro benzene ring substituents is 1. The third-order valence-corrected chi connectivity index (χ3v) is 4.50. The fourth-order valence-electron chi connectivity index (χ4n) is 3.06. The van der Waals surface area contributed by atoms with Gasteiger partial charge in [0.25, 0.3) is 5.69 Å². The zero-order valence-electron chi connectivity index (χ0n) is 15.5. The van der Waals surface area contributed by atoms with Crippen LogP contribution in [0.3, 0.4) is 0 Å². The summed E-state index contributed by atoms with van der Waals surface area (Å²) in [6.45, 7) is 0.976. The molecule has 7 nitrogen and oxygen atoms in total. The van der Waals surface area contributed by atoms with E-state index in [-0.39, 0.29) is 5.69 Å². The molecule has 0 aliphatic rings. The number of fused-ring (bicyclic) bond motifs is 1. The molecule has 4 aromatic rings. The van der Waals surface area contributed by atoms with Gasteiger partial charge in [0.15, 0.2) is 0 Å². The molecule has 0 radical (unpaired) electrons. The van der Waals surface area contributed by atoms with Crippen LogP contribution in [0.1, 0.15) is 11.1 Å². The topological polar surface area (TPSA) is 90.2 Å². The number of anilines is 1. The summed E-state index contributed by atoms with van der Waals surface area (Å²) >= 11 is 0. The van der Waals surface area contributed by atoms with Crippen LogP contribution in [-0.2, 0) is 13.2 Å².